The lowest BCUT2D eigenvalue weighted by atomic mass is 9.75. The molecule has 2 aliphatic rings. The first-order chi connectivity index (χ1) is 29.2. The fraction of sp³-hybridized carbons (Fsp3) is 0.512. The lowest BCUT2D eigenvalue weighted by Gasteiger charge is -2.30. The zero-order valence-electron chi connectivity index (χ0n) is 34.6. The Bertz CT molecular complexity index is 2530. The topological polar surface area (TPSA) is 207 Å². The summed E-state index contributed by atoms with van der Waals surface area (Å²) in [5, 5.41) is 9.07. The second kappa shape index (κ2) is 20.8. The Balaban J connectivity index is 1.83. The number of fused-ring (bicyclic) bond motifs is 2. The molecule has 0 saturated heterocycles. The van der Waals surface area contributed by atoms with Crippen molar-refractivity contribution in [3.05, 3.63) is 94.2 Å². The first-order valence-electron chi connectivity index (χ1n) is 20.1. The number of carbonyl (C=O) groups is 1. The van der Waals surface area contributed by atoms with Crippen LogP contribution in [-0.4, -0.2) is 90.6 Å². The third-order valence-corrected chi connectivity index (χ3v) is 13.8. The van der Waals surface area contributed by atoms with Crippen molar-refractivity contribution in [2.45, 2.75) is 102 Å². The van der Waals surface area contributed by atoms with Gasteiger partial charge in [0.05, 0.1) is 33.9 Å². The SMILES string of the molecule is CC1(CCCCS(=O)(=O)O)C(=CC=CC=CC2=[N+](CCCCCC(=O)O)c3c(F)c(F)c(F)c(F)c3C2(C)CCCCS(=O)(=O)O)N(CCCCS(=O)(=O)O)c2cc(F)cc(F)c21. The van der Waals surface area contributed by atoms with Crippen molar-refractivity contribution >= 4 is 53.4 Å². The Morgan fingerprint density at radius 3 is 1.79 bits per heavy atom. The summed E-state index contributed by atoms with van der Waals surface area (Å²) < 4.78 is 190. The van der Waals surface area contributed by atoms with Crippen molar-refractivity contribution in [1.82, 2.24) is 0 Å². The molecule has 0 bridgehead atoms. The number of benzene rings is 2. The van der Waals surface area contributed by atoms with Gasteiger partial charge < -0.3 is 10.0 Å². The summed E-state index contributed by atoms with van der Waals surface area (Å²) in [4.78, 5) is 12.7. The van der Waals surface area contributed by atoms with Gasteiger partial charge in [0.15, 0.2) is 17.3 Å². The zero-order valence-corrected chi connectivity index (χ0v) is 37.0. The van der Waals surface area contributed by atoms with Crippen LogP contribution in [0.25, 0.3) is 0 Å². The van der Waals surface area contributed by atoms with Crippen molar-refractivity contribution < 1.29 is 79.7 Å². The van der Waals surface area contributed by atoms with E-state index >= 15 is 13.2 Å². The maximum Gasteiger partial charge on any atom is 0.303 e. The first-order valence-corrected chi connectivity index (χ1v) is 25.0. The predicted octanol–water partition coefficient (Wildman–Crippen LogP) is 8.08. The number of unbranched alkanes of at least 4 members (excludes halogenated alkanes) is 5. The van der Waals surface area contributed by atoms with Gasteiger partial charge in [-0.3, -0.25) is 18.5 Å². The minimum Gasteiger partial charge on any atom is -0.481 e. The van der Waals surface area contributed by atoms with Crippen LogP contribution >= 0.6 is 0 Å². The number of allylic oxidation sites excluding steroid dienone is 6. The van der Waals surface area contributed by atoms with E-state index in [1.165, 1.54) is 35.8 Å². The van der Waals surface area contributed by atoms with Crippen LogP contribution in [0.2, 0.25) is 0 Å². The highest BCUT2D eigenvalue weighted by Crippen LogP contribution is 2.52. The molecule has 350 valence electrons. The standard InChI is InChI=1S/C41H50F6N2O11S3/c1-40(18-8-12-22-61(52,53)54)30(48(20-11-14-24-63(58,59)60)29-26-27(42)25-28(43)33(29)40)15-5-3-6-16-31-41(2,19-9-13-23-62(55,56)57)34-35(44)36(45)37(46)38(47)39(34)49(31)21-10-4-7-17-32(50)51/h3,5-6,15-16,25-26H,4,7-14,17-24H2,1-2H3,(H3-,50,51,52,53,54,55,56,57,58,59,60)/p+1. The maximum atomic E-state index is 15.8. The molecule has 13 nitrogen and oxygen atoms in total. The minimum atomic E-state index is -4.41. The van der Waals surface area contributed by atoms with Gasteiger partial charge in [-0.25, -0.2) is 22.0 Å². The van der Waals surface area contributed by atoms with Crippen molar-refractivity contribution in [1.29, 1.82) is 0 Å². The highest BCUT2D eigenvalue weighted by Gasteiger charge is 2.53. The fourth-order valence-corrected chi connectivity index (χ4v) is 10.2. The Kier molecular flexibility index (Phi) is 17.0. The third kappa shape index (κ3) is 13.0. The summed E-state index contributed by atoms with van der Waals surface area (Å²) in [6.07, 6.45) is 7.90. The molecule has 0 fully saturated rings. The highest BCUT2D eigenvalue weighted by molar-refractivity contribution is 7.86. The molecule has 4 N–H and O–H groups in total. The average Bonchev–Trinajstić information content (AvgIpc) is 3.54. The van der Waals surface area contributed by atoms with Crippen LogP contribution in [0.3, 0.4) is 0 Å². The first kappa shape index (κ1) is 51.5. The highest BCUT2D eigenvalue weighted by atomic mass is 32.2. The van der Waals surface area contributed by atoms with Crippen molar-refractivity contribution in [2.75, 3.05) is 35.2 Å². The number of rotatable bonds is 24. The van der Waals surface area contributed by atoms with Crippen molar-refractivity contribution in [3.63, 3.8) is 0 Å². The normalized spacial score (nSPS) is 19.9. The summed E-state index contributed by atoms with van der Waals surface area (Å²) in [6.45, 7) is 2.98. The van der Waals surface area contributed by atoms with Crippen LogP contribution in [0.4, 0.5) is 37.7 Å². The summed E-state index contributed by atoms with van der Waals surface area (Å²) in [5.41, 5.74) is -3.33. The van der Waals surface area contributed by atoms with Crippen LogP contribution in [0, 0.1) is 34.9 Å². The zero-order chi connectivity index (χ0) is 47.1. The molecule has 2 atom stereocenters. The smallest absolute Gasteiger partial charge is 0.303 e. The molecule has 0 saturated carbocycles. The van der Waals surface area contributed by atoms with Crippen LogP contribution in [0.15, 0.2) is 48.2 Å². The van der Waals surface area contributed by atoms with Gasteiger partial charge in [-0.05, 0) is 77.4 Å². The molecule has 0 spiro atoms. The number of aliphatic carboxylic acids is 1. The fourth-order valence-electron chi connectivity index (χ4n) is 8.49. The number of hydrogen-bond donors (Lipinski definition) is 4. The predicted molar refractivity (Wildman–Crippen MR) is 223 cm³/mol. The molecule has 0 aromatic heterocycles. The number of carboxylic acid groups (broad SMARTS) is 1. The number of anilines is 1. The van der Waals surface area contributed by atoms with Gasteiger partial charge in [0.1, 0.15) is 18.2 Å². The van der Waals surface area contributed by atoms with Crippen LogP contribution in [0.1, 0.15) is 102 Å². The van der Waals surface area contributed by atoms with Crippen LogP contribution in [0.5, 0.6) is 0 Å². The second-order valence-electron chi connectivity index (χ2n) is 16.1. The molecule has 0 radical (unpaired) electrons. The lowest BCUT2D eigenvalue weighted by Crippen LogP contribution is -2.32. The monoisotopic (exact) mass is 957 g/mol. The Morgan fingerprint density at radius 2 is 1.22 bits per heavy atom. The minimum absolute atomic E-state index is 0.0118. The quantitative estimate of drug-likeness (QED) is 0.0150. The molecule has 2 aliphatic heterocycles. The van der Waals surface area contributed by atoms with Gasteiger partial charge in [0.25, 0.3) is 36.0 Å². The van der Waals surface area contributed by atoms with Gasteiger partial charge in [0.2, 0.25) is 11.6 Å². The van der Waals surface area contributed by atoms with E-state index in [1.807, 2.05) is 0 Å². The summed E-state index contributed by atoms with van der Waals surface area (Å²) in [6, 6.07) is 1.78. The molecule has 0 aliphatic carbocycles. The van der Waals surface area contributed by atoms with E-state index < -0.39 is 111 Å². The number of nitrogens with zero attached hydrogens (tertiary/aromatic N) is 2. The van der Waals surface area contributed by atoms with Gasteiger partial charge in [-0.1, -0.05) is 31.1 Å². The number of halogens is 6. The van der Waals surface area contributed by atoms with E-state index in [9.17, 15) is 56.9 Å². The molecule has 2 unspecified atom stereocenters. The molecular formula is C41H51F6N2O11S3+. The Labute approximate surface area is 363 Å². The van der Waals surface area contributed by atoms with E-state index in [-0.39, 0.29) is 101 Å². The lowest BCUT2D eigenvalue weighted by molar-refractivity contribution is -0.441. The Morgan fingerprint density at radius 1 is 0.667 bits per heavy atom. The Hall–Kier alpha value is -4.09. The molecule has 2 aromatic carbocycles. The number of carboxylic acids is 1. The van der Waals surface area contributed by atoms with E-state index in [0.717, 1.165) is 6.07 Å². The summed E-state index contributed by atoms with van der Waals surface area (Å²) >= 11 is 0. The van der Waals surface area contributed by atoms with E-state index in [1.54, 1.807) is 17.9 Å². The third-order valence-electron chi connectivity index (χ3n) is 11.3. The molecule has 22 heteroatoms. The summed E-state index contributed by atoms with van der Waals surface area (Å²) in [7, 11) is -13.1. The maximum absolute atomic E-state index is 15.8. The summed E-state index contributed by atoms with van der Waals surface area (Å²) in [5.74, 6) is -12.2. The molecule has 0 amide bonds. The van der Waals surface area contributed by atoms with Gasteiger partial charge in [-0.2, -0.15) is 34.2 Å². The average molecular weight is 958 g/mol. The molecule has 4 rings (SSSR count). The van der Waals surface area contributed by atoms with E-state index in [0.29, 0.717) is 18.2 Å². The molecule has 63 heavy (non-hydrogen) atoms. The largest absolute Gasteiger partial charge is 0.481 e. The number of hydrogen-bond acceptors (Lipinski definition) is 8. The van der Waals surface area contributed by atoms with E-state index in [4.69, 9.17) is 5.11 Å². The van der Waals surface area contributed by atoms with Crippen molar-refractivity contribution in [2.24, 2.45) is 0 Å². The van der Waals surface area contributed by atoms with Crippen LogP contribution in [-0.2, 0) is 46.0 Å². The van der Waals surface area contributed by atoms with Gasteiger partial charge in [-0.15, -0.1) is 0 Å². The molecular weight excluding hydrogens is 907 g/mol. The molecule has 2 aromatic rings. The second-order valence-corrected chi connectivity index (χ2v) is 20.8. The van der Waals surface area contributed by atoms with E-state index in [2.05, 4.69) is 0 Å². The molecule has 2 heterocycles. The van der Waals surface area contributed by atoms with Crippen molar-refractivity contribution in [3.8, 4) is 0 Å². The van der Waals surface area contributed by atoms with Crippen LogP contribution < -0.4 is 4.90 Å². The van der Waals surface area contributed by atoms with Gasteiger partial charge >= 0.3 is 5.97 Å². The van der Waals surface area contributed by atoms with Gasteiger partial charge in [0, 0.05) is 48.2 Å².